The molecule has 1 N–H and O–H groups in total. The molecule has 0 aliphatic carbocycles. The zero-order chi connectivity index (χ0) is 16.1. The fourth-order valence-corrected chi connectivity index (χ4v) is 3.71. The Morgan fingerprint density at radius 3 is 1.78 bits per heavy atom. The van der Waals surface area contributed by atoms with E-state index < -0.39 is 6.10 Å². The highest BCUT2D eigenvalue weighted by Crippen LogP contribution is 2.43. The summed E-state index contributed by atoms with van der Waals surface area (Å²) in [6, 6.07) is 28.6. The second-order valence-electron chi connectivity index (χ2n) is 5.62. The Morgan fingerprint density at radius 2 is 1.22 bits per heavy atom. The standard InChI is InChI=1S/C21H20OS/c1-16-12-14-19(15-13-16)23-21(18-10-6-3-7-11-18)20(22)17-8-4-2-5-9-17/h2-15,20-22H,1H3/t20-,21-/m1/s1. The van der Waals surface area contributed by atoms with Gasteiger partial charge in [0.15, 0.2) is 0 Å². The third kappa shape index (κ3) is 4.04. The number of aliphatic hydroxyl groups is 1. The molecule has 0 aromatic heterocycles. The van der Waals surface area contributed by atoms with Crippen molar-refractivity contribution in [2.24, 2.45) is 0 Å². The van der Waals surface area contributed by atoms with Gasteiger partial charge in [-0.1, -0.05) is 78.4 Å². The Bertz CT molecular complexity index is 723. The number of hydrogen-bond donors (Lipinski definition) is 1. The topological polar surface area (TPSA) is 20.2 Å². The van der Waals surface area contributed by atoms with Crippen LogP contribution < -0.4 is 0 Å². The van der Waals surface area contributed by atoms with Crippen molar-refractivity contribution < 1.29 is 5.11 Å². The van der Waals surface area contributed by atoms with Crippen LogP contribution in [0.1, 0.15) is 28.0 Å². The van der Waals surface area contributed by atoms with Gasteiger partial charge in [-0.15, -0.1) is 11.8 Å². The normalized spacial score (nSPS) is 13.5. The Kier molecular flexibility index (Phi) is 5.16. The molecule has 23 heavy (non-hydrogen) atoms. The Hall–Kier alpha value is -2.03. The first-order valence-electron chi connectivity index (χ1n) is 7.75. The highest BCUT2D eigenvalue weighted by atomic mass is 32.2. The van der Waals surface area contributed by atoms with Gasteiger partial charge in [0.05, 0.1) is 11.4 Å². The average Bonchev–Trinajstić information content (AvgIpc) is 2.62. The van der Waals surface area contributed by atoms with Gasteiger partial charge in [-0.2, -0.15) is 0 Å². The van der Waals surface area contributed by atoms with E-state index in [1.54, 1.807) is 11.8 Å². The molecule has 0 heterocycles. The highest BCUT2D eigenvalue weighted by Gasteiger charge is 2.23. The molecule has 0 saturated carbocycles. The van der Waals surface area contributed by atoms with Crippen LogP contribution in [0.25, 0.3) is 0 Å². The summed E-state index contributed by atoms with van der Waals surface area (Å²) in [6.07, 6.45) is -0.551. The average molecular weight is 320 g/mol. The lowest BCUT2D eigenvalue weighted by molar-refractivity contribution is 0.175. The SMILES string of the molecule is Cc1ccc(S[C@H](c2ccccc2)[C@H](O)c2ccccc2)cc1. The summed E-state index contributed by atoms with van der Waals surface area (Å²) in [5.74, 6) is 0. The fraction of sp³-hybridized carbons (Fsp3) is 0.143. The second kappa shape index (κ2) is 7.49. The first kappa shape index (κ1) is 15.9. The molecule has 2 heteroatoms. The molecule has 0 aliphatic rings. The third-order valence-corrected chi connectivity index (χ3v) is 5.17. The van der Waals surface area contributed by atoms with E-state index in [1.807, 2.05) is 48.5 Å². The minimum absolute atomic E-state index is 0.0405. The van der Waals surface area contributed by atoms with E-state index in [2.05, 4.69) is 43.3 Å². The van der Waals surface area contributed by atoms with Crippen LogP contribution in [-0.4, -0.2) is 5.11 Å². The van der Waals surface area contributed by atoms with Gasteiger partial charge in [0.1, 0.15) is 0 Å². The van der Waals surface area contributed by atoms with E-state index in [-0.39, 0.29) is 5.25 Å². The van der Waals surface area contributed by atoms with Gasteiger partial charge < -0.3 is 5.11 Å². The van der Waals surface area contributed by atoms with E-state index in [0.717, 1.165) is 11.1 Å². The maximum Gasteiger partial charge on any atom is 0.0952 e. The predicted molar refractivity (Wildman–Crippen MR) is 97.6 cm³/mol. The lowest BCUT2D eigenvalue weighted by atomic mass is 10.0. The number of rotatable bonds is 5. The molecule has 3 aromatic rings. The smallest absolute Gasteiger partial charge is 0.0952 e. The monoisotopic (exact) mass is 320 g/mol. The third-order valence-electron chi connectivity index (χ3n) is 3.84. The molecule has 1 nitrogen and oxygen atoms in total. The number of thioether (sulfide) groups is 1. The van der Waals surface area contributed by atoms with E-state index in [0.29, 0.717) is 0 Å². The van der Waals surface area contributed by atoms with Gasteiger partial charge >= 0.3 is 0 Å². The Morgan fingerprint density at radius 1 is 0.696 bits per heavy atom. The first-order valence-corrected chi connectivity index (χ1v) is 8.63. The van der Waals surface area contributed by atoms with Crippen LogP contribution in [0.5, 0.6) is 0 Å². The minimum atomic E-state index is -0.551. The predicted octanol–water partition coefficient (Wildman–Crippen LogP) is 5.56. The molecule has 0 aliphatic heterocycles. The summed E-state index contributed by atoms with van der Waals surface area (Å²) in [4.78, 5) is 1.17. The minimum Gasteiger partial charge on any atom is -0.387 e. The molecule has 0 radical (unpaired) electrons. The van der Waals surface area contributed by atoms with Gasteiger partial charge in [-0.05, 0) is 30.2 Å². The van der Waals surface area contributed by atoms with E-state index in [9.17, 15) is 5.11 Å². The molecule has 0 saturated heterocycles. The Balaban J connectivity index is 1.92. The van der Waals surface area contributed by atoms with Gasteiger partial charge in [-0.25, -0.2) is 0 Å². The number of benzene rings is 3. The Labute approximate surface area is 142 Å². The van der Waals surface area contributed by atoms with Crippen LogP contribution >= 0.6 is 11.8 Å². The summed E-state index contributed by atoms with van der Waals surface area (Å²) in [6.45, 7) is 2.09. The van der Waals surface area contributed by atoms with Crippen LogP contribution in [0.15, 0.2) is 89.8 Å². The molecule has 0 unspecified atom stereocenters. The van der Waals surface area contributed by atoms with Crippen molar-refractivity contribution in [3.8, 4) is 0 Å². The van der Waals surface area contributed by atoms with E-state index in [4.69, 9.17) is 0 Å². The maximum absolute atomic E-state index is 10.9. The number of aryl methyl sites for hydroxylation is 1. The molecule has 116 valence electrons. The van der Waals surface area contributed by atoms with Crippen molar-refractivity contribution in [1.29, 1.82) is 0 Å². The lowest BCUT2D eigenvalue weighted by Gasteiger charge is -2.23. The number of hydrogen-bond acceptors (Lipinski definition) is 2. The first-order chi connectivity index (χ1) is 11.2. The van der Waals surface area contributed by atoms with Gasteiger partial charge in [0.2, 0.25) is 0 Å². The van der Waals surface area contributed by atoms with Crippen LogP contribution in [-0.2, 0) is 0 Å². The summed E-state index contributed by atoms with van der Waals surface area (Å²) < 4.78 is 0. The fourth-order valence-electron chi connectivity index (χ4n) is 2.55. The van der Waals surface area contributed by atoms with Crippen LogP contribution in [0.2, 0.25) is 0 Å². The van der Waals surface area contributed by atoms with Crippen molar-refractivity contribution in [1.82, 2.24) is 0 Å². The molecule has 2 atom stereocenters. The zero-order valence-electron chi connectivity index (χ0n) is 13.1. The lowest BCUT2D eigenvalue weighted by Crippen LogP contribution is -2.08. The van der Waals surface area contributed by atoms with Crippen molar-refractivity contribution in [2.75, 3.05) is 0 Å². The van der Waals surface area contributed by atoms with Crippen molar-refractivity contribution in [3.63, 3.8) is 0 Å². The molecule has 0 spiro atoms. The highest BCUT2D eigenvalue weighted by molar-refractivity contribution is 7.99. The van der Waals surface area contributed by atoms with Crippen LogP contribution in [0.3, 0.4) is 0 Å². The van der Waals surface area contributed by atoms with Gasteiger partial charge in [-0.3, -0.25) is 0 Å². The van der Waals surface area contributed by atoms with Crippen molar-refractivity contribution in [3.05, 3.63) is 102 Å². The van der Waals surface area contributed by atoms with Crippen molar-refractivity contribution >= 4 is 11.8 Å². The molecular weight excluding hydrogens is 300 g/mol. The quantitative estimate of drug-likeness (QED) is 0.621. The number of aliphatic hydroxyl groups excluding tert-OH is 1. The summed E-state index contributed by atoms with van der Waals surface area (Å²) >= 11 is 1.70. The van der Waals surface area contributed by atoms with E-state index in [1.165, 1.54) is 10.5 Å². The summed E-state index contributed by atoms with van der Waals surface area (Å²) in [5.41, 5.74) is 3.32. The van der Waals surface area contributed by atoms with Gasteiger partial charge in [0.25, 0.3) is 0 Å². The molecule has 0 bridgehead atoms. The zero-order valence-corrected chi connectivity index (χ0v) is 13.9. The summed E-state index contributed by atoms with van der Waals surface area (Å²) in [7, 11) is 0. The molecule has 3 rings (SSSR count). The second-order valence-corrected chi connectivity index (χ2v) is 6.83. The molecule has 3 aromatic carbocycles. The molecule has 0 amide bonds. The molecular formula is C21H20OS. The van der Waals surface area contributed by atoms with Crippen LogP contribution in [0, 0.1) is 6.92 Å². The summed E-state index contributed by atoms with van der Waals surface area (Å²) in [5, 5.41) is 10.9. The molecule has 0 fully saturated rings. The van der Waals surface area contributed by atoms with E-state index >= 15 is 0 Å². The van der Waals surface area contributed by atoms with Crippen LogP contribution in [0.4, 0.5) is 0 Å². The van der Waals surface area contributed by atoms with Crippen molar-refractivity contribution in [2.45, 2.75) is 23.2 Å². The largest absolute Gasteiger partial charge is 0.387 e. The van der Waals surface area contributed by atoms with Gasteiger partial charge in [0, 0.05) is 4.90 Å². The maximum atomic E-state index is 10.9.